The van der Waals surface area contributed by atoms with Crippen LogP contribution >= 0.6 is 24.8 Å². The van der Waals surface area contributed by atoms with Crippen LogP contribution in [0.4, 0.5) is 13.2 Å². The molecule has 0 fully saturated rings. The molecular weight excluding hydrogens is 392 g/mol. The van der Waals surface area contributed by atoms with E-state index in [0.717, 1.165) is 17.7 Å². The van der Waals surface area contributed by atoms with E-state index in [1.54, 1.807) is 23.4 Å². The molecule has 142 valence electrons. The number of benzene rings is 1. The number of carboxylic acids is 1. The summed E-state index contributed by atoms with van der Waals surface area (Å²) in [5.41, 5.74) is 1.28. The molecule has 1 aromatic heterocycles. The maximum atomic E-state index is 12.9. The number of hydrogen-bond acceptors (Lipinski definition) is 3. The molecule has 0 aliphatic carbocycles. The Balaban J connectivity index is 0.00000169. The molecule has 0 radical (unpaired) electrons. The smallest absolute Gasteiger partial charge is 0.416 e. The van der Waals surface area contributed by atoms with Crippen molar-refractivity contribution in [2.75, 3.05) is 0 Å². The first-order valence-electron chi connectivity index (χ1n) is 7.39. The molecule has 0 spiro atoms. The van der Waals surface area contributed by atoms with Gasteiger partial charge < -0.3 is 5.11 Å². The number of hydrogen-bond donors (Lipinski definition) is 1. The fourth-order valence-corrected chi connectivity index (χ4v) is 2.95. The Hall–Kier alpha value is -1.83. The Morgan fingerprint density at radius 2 is 1.96 bits per heavy atom. The molecule has 1 unspecified atom stereocenters. The average molecular weight is 409 g/mol. The van der Waals surface area contributed by atoms with Gasteiger partial charge in [-0.05, 0) is 41.3 Å². The summed E-state index contributed by atoms with van der Waals surface area (Å²) in [5, 5.41) is 9.46. The maximum absolute atomic E-state index is 12.9. The lowest BCUT2D eigenvalue weighted by molar-refractivity contribution is -0.144. The highest BCUT2D eigenvalue weighted by Gasteiger charge is 2.35. The van der Waals surface area contributed by atoms with Crippen LogP contribution in [0.2, 0.25) is 0 Å². The van der Waals surface area contributed by atoms with Gasteiger partial charge in [-0.1, -0.05) is 12.1 Å². The lowest BCUT2D eigenvalue weighted by atomic mass is 9.92. The molecule has 1 N–H and O–H groups in total. The second kappa shape index (κ2) is 8.70. The van der Waals surface area contributed by atoms with Crippen LogP contribution in [0.15, 0.2) is 42.7 Å². The van der Waals surface area contributed by atoms with E-state index < -0.39 is 23.8 Å². The highest BCUT2D eigenvalue weighted by atomic mass is 35.5. The first kappa shape index (κ1) is 22.2. The van der Waals surface area contributed by atoms with Crippen molar-refractivity contribution in [1.29, 1.82) is 0 Å². The minimum atomic E-state index is -4.41. The van der Waals surface area contributed by atoms with Crippen LogP contribution in [0, 0.1) is 0 Å². The average Bonchev–Trinajstić information content (AvgIpc) is 2.53. The SMILES string of the molecule is Cl.Cl.O=C(O)C1Cc2ccc(C(F)(F)F)cc2CN1Cc1cccnc1. The van der Waals surface area contributed by atoms with Gasteiger partial charge in [-0.25, -0.2) is 0 Å². The maximum Gasteiger partial charge on any atom is 0.416 e. The molecule has 2 aromatic rings. The lowest BCUT2D eigenvalue weighted by Gasteiger charge is -2.34. The molecule has 3 rings (SSSR count). The number of carboxylic acid groups (broad SMARTS) is 1. The van der Waals surface area contributed by atoms with E-state index in [2.05, 4.69) is 4.98 Å². The zero-order valence-electron chi connectivity index (χ0n) is 13.4. The molecule has 0 amide bonds. The van der Waals surface area contributed by atoms with Crippen molar-refractivity contribution in [2.45, 2.75) is 31.7 Å². The summed E-state index contributed by atoms with van der Waals surface area (Å²) in [6, 6.07) is 6.29. The number of rotatable bonds is 3. The van der Waals surface area contributed by atoms with Crippen molar-refractivity contribution in [3.63, 3.8) is 0 Å². The number of nitrogens with zero attached hydrogens (tertiary/aromatic N) is 2. The molecule has 2 heterocycles. The predicted octanol–water partition coefficient (Wildman–Crippen LogP) is 3.96. The zero-order chi connectivity index (χ0) is 17.3. The van der Waals surface area contributed by atoms with Gasteiger partial charge in [0.25, 0.3) is 0 Å². The molecule has 4 nitrogen and oxygen atoms in total. The largest absolute Gasteiger partial charge is 0.480 e. The summed E-state index contributed by atoms with van der Waals surface area (Å²) in [4.78, 5) is 17.2. The van der Waals surface area contributed by atoms with Crippen molar-refractivity contribution in [1.82, 2.24) is 9.88 Å². The second-order valence-electron chi connectivity index (χ2n) is 5.81. The Morgan fingerprint density at radius 3 is 2.54 bits per heavy atom. The molecule has 1 atom stereocenters. The molecule has 1 aliphatic rings. The van der Waals surface area contributed by atoms with Gasteiger partial charge in [0.1, 0.15) is 6.04 Å². The topological polar surface area (TPSA) is 53.4 Å². The Morgan fingerprint density at radius 1 is 1.23 bits per heavy atom. The number of aromatic nitrogens is 1. The molecule has 1 aromatic carbocycles. The summed E-state index contributed by atoms with van der Waals surface area (Å²) in [6.07, 6.45) is -0.990. The lowest BCUT2D eigenvalue weighted by Crippen LogP contribution is -2.45. The van der Waals surface area contributed by atoms with Gasteiger partial charge in [0.05, 0.1) is 5.56 Å². The van der Waals surface area contributed by atoms with Crippen LogP contribution < -0.4 is 0 Å². The van der Waals surface area contributed by atoms with Gasteiger partial charge in [0.15, 0.2) is 0 Å². The quantitative estimate of drug-likeness (QED) is 0.834. The van der Waals surface area contributed by atoms with Crippen molar-refractivity contribution >= 4 is 30.8 Å². The van der Waals surface area contributed by atoms with E-state index in [4.69, 9.17) is 0 Å². The number of alkyl halides is 3. The Kier molecular flexibility index (Phi) is 7.44. The monoisotopic (exact) mass is 408 g/mol. The summed E-state index contributed by atoms with van der Waals surface area (Å²) < 4.78 is 38.7. The predicted molar refractivity (Wildman–Crippen MR) is 94.6 cm³/mol. The number of carbonyl (C=O) groups is 1. The summed E-state index contributed by atoms with van der Waals surface area (Å²) in [7, 11) is 0. The third kappa shape index (κ3) is 4.87. The number of aliphatic carboxylic acids is 1. The normalized spacial score (nSPS) is 16.8. The zero-order valence-corrected chi connectivity index (χ0v) is 15.1. The number of pyridine rings is 1. The molecule has 1 aliphatic heterocycles. The highest BCUT2D eigenvalue weighted by Crippen LogP contribution is 2.33. The van der Waals surface area contributed by atoms with Crippen LogP contribution in [0.1, 0.15) is 22.3 Å². The minimum absolute atomic E-state index is 0. The van der Waals surface area contributed by atoms with Crippen LogP contribution in [0.3, 0.4) is 0 Å². The van der Waals surface area contributed by atoms with Gasteiger partial charge in [-0.3, -0.25) is 14.7 Å². The summed E-state index contributed by atoms with van der Waals surface area (Å²) in [6.45, 7) is 0.478. The van der Waals surface area contributed by atoms with Crippen molar-refractivity contribution in [3.05, 3.63) is 65.0 Å². The van der Waals surface area contributed by atoms with E-state index in [1.807, 2.05) is 6.07 Å². The van der Waals surface area contributed by atoms with Gasteiger partial charge >= 0.3 is 12.1 Å². The molecule has 0 saturated carbocycles. The van der Waals surface area contributed by atoms with E-state index in [9.17, 15) is 23.1 Å². The van der Waals surface area contributed by atoms with Gasteiger partial charge in [0.2, 0.25) is 0 Å². The number of fused-ring (bicyclic) bond motifs is 1. The fourth-order valence-electron chi connectivity index (χ4n) is 2.95. The third-order valence-electron chi connectivity index (χ3n) is 4.15. The highest BCUT2D eigenvalue weighted by molar-refractivity contribution is 5.85. The van der Waals surface area contributed by atoms with Gasteiger partial charge in [0, 0.05) is 25.5 Å². The van der Waals surface area contributed by atoms with Gasteiger partial charge in [-0.15, -0.1) is 24.8 Å². The number of halogens is 5. The van der Waals surface area contributed by atoms with E-state index in [1.165, 1.54) is 6.07 Å². The van der Waals surface area contributed by atoms with E-state index >= 15 is 0 Å². The standard InChI is InChI=1S/C17H15F3N2O2.2ClH/c18-17(19,20)14-4-3-12-7-15(16(23)24)22(10-13(12)6-14)9-11-2-1-5-21-8-11;;/h1-6,8,15H,7,9-10H2,(H,23,24);2*1H. The molecule has 0 bridgehead atoms. The minimum Gasteiger partial charge on any atom is -0.480 e. The van der Waals surface area contributed by atoms with Crippen LogP contribution in [-0.2, 0) is 30.5 Å². The third-order valence-corrected chi connectivity index (χ3v) is 4.15. The summed E-state index contributed by atoms with van der Waals surface area (Å²) >= 11 is 0. The Labute approximate surface area is 160 Å². The molecule has 9 heteroatoms. The molecular formula is C17H17Cl2F3N2O2. The van der Waals surface area contributed by atoms with Crippen molar-refractivity contribution < 1.29 is 23.1 Å². The first-order valence-corrected chi connectivity index (χ1v) is 7.39. The Bertz CT molecular complexity index is 757. The first-order chi connectivity index (χ1) is 11.3. The van der Waals surface area contributed by atoms with Crippen LogP contribution in [0.5, 0.6) is 0 Å². The second-order valence-corrected chi connectivity index (χ2v) is 5.81. The van der Waals surface area contributed by atoms with Gasteiger partial charge in [-0.2, -0.15) is 13.2 Å². The van der Waals surface area contributed by atoms with Crippen LogP contribution in [0.25, 0.3) is 0 Å². The van der Waals surface area contributed by atoms with Crippen molar-refractivity contribution in [2.24, 2.45) is 0 Å². The fraction of sp³-hybridized carbons (Fsp3) is 0.294. The van der Waals surface area contributed by atoms with Crippen LogP contribution in [-0.4, -0.2) is 27.0 Å². The van der Waals surface area contributed by atoms with E-state index in [-0.39, 0.29) is 37.8 Å². The summed E-state index contributed by atoms with van der Waals surface area (Å²) in [5.74, 6) is -0.982. The van der Waals surface area contributed by atoms with Crippen molar-refractivity contribution in [3.8, 4) is 0 Å². The molecule has 0 saturated heterocycles. The molecule has 26 heavy (non-hydrogen) atoms. The van der Waals surface area contributed by atoms with E-state index in [0.29, 0.717) is 17.7 Å².